The summed E-state index contributed by atoms with van der Waals surface area (Å²) in [6, 6.07) is 15.8. The van der Waals surface area contributed by atoms with Gasteiger partial charge in [0.2, 0.25) is 0 Å². The highest BCUT2D eigenvalue weighted by molar-refractivity contribution is 5.75. The van der Waals surface area contributed by atoms with E-state index in [1.54, 1.807) is 13.3 Å². The molecule has 0 aliphatic heterocycles. The van der Waals surface area contributed by atoms with Crippen molar-refractivity contribution in [3.63, 3.8) is 0 Å². The molecule has 29 heavy (non-hydrogen) atoms. The van der Waals surface area contributed by atoms with E-state index in [4.69, 9.17) is 14.2 Å². The van der Waals surface area contributed by atoms with Crippen molar-refractivity contribution in [3.8, 4) is 22.9 Å². The number of aromatic nitrogens is 4. The Bertz CT molecular complexity index is 1050. The molecule has 0 fully saturated rings. The summed E-state index contributed by atoms with van der Waals surface area (Å²) in [5.41, 5.74) is 3.31. The van der Waals surface area contributed by atoms with Gasteiger partial charge in [-0.2, -0.15) is 0 Å². The number of hydrogen-bond donors (Lipinski definition) is 1. The van der Waals surface area contributed by atoms with Crippen LogP contribution >= 0.6 is 0 Å². The van der Waals surface area contributed by atoms with Gasteiger partial charge in [0.15, 0.2) is 5.65 Å². The quantitative estimate of drug-likeness (QED) is 0.489. The van der Waals surface area contributed by atoms with Gasteiger partial charge in [0.05, 0.1) is 12.8 Å². The summed E-state index contributed by atoms with van der Waals surface area (Å²) in [5.74, 6) is 2.05. The van der Waals surface area contributed by atoms with Crippen LogP contribution in [0.1, 0.15) is 12.5 Å². The van der Waals surface area contributed by atoms with Crippen LogP contribution in [0.3, 0.4) is 0 Å². The fourth-order valence-electron chi connectivity index (χ4n) is 3.00. The Hall–Kier alpha value is -3.45. The molecule has 0 unspecified atom stereocenters. The Morgan fingerprint density at radius 3 is 2.69 bits per heavy atom. The van der Waals surface area contributed by atoms with Crippen molar-refractivity contribution >= 4 is 11.2 Å². The normalized spacial score (nSPS) is 12.1. The minimum absolute atomic E-state index is 0.0984. The van der Waals surface area contributed by atoms with Gasteiger partial charge in [0.25, 0.3) is 0 Å². The Kier molecular flexibility index (Phi) is 5.67. The Labute approximate surface area is 168 Å². The lowest BCUT2D eigenvalue weighted by molar-refractivity contribution is 0.0919. The molecular weight excluding hydrogens is 368 g/mol. The van der Waals surface area contributed by atoms with Crippen molar-refractivity contribution < 1.29 is 14.2 Å². The highest BCUT2D eigenvalue weighted by atomic mass is 16.5. The molecule has 1 N–H and O–H groups in total. The lowest BCUT2D eigenvalue weighted by Crippen LogP contribution is -2.18. The SMILES string of the molecule is COC[C@H](C)Oc1cc(OCc2ccccc2)cc(-c2nc3cncnc3[nH]2)c1. The molecule has 0 saturated carbocycles. The van der Waals surface area contributed by atoms with Gasteiger partial charge in [-0.15, -0.1) is 0 Å². The maximum absolute atomic E-state index is 6.03. The van der Waals surface area contributed by atoms with Crippen LogP contribution in [0, 0.1) is 0 Å². The minimum atomic E-state index is -0.0984. The molecule has 7 nitrogen and oxygen atoms in total. The van der Waals surface area contributed by atoms with E-state index in [0.29, 0.717) is 41.7 Å². The highest BCUT2D eigenvalue weighted by Crippen LogP contribution is 2.30. The molecule has 2 aromatic carbocycles. The number of hydrogen-bond acceptors (Lipinski definition) is 6. The molecule has 4 aromatic rings. The van der Waals surface area contributed by atoms with Crippen LogP contribution in [0.25, 0.3) is 22.6 Å². The van der Waals surface area contributed by atoms with Crippen LogP contribution < -0.4 is 9.47 Å². The van der Waals surface area contributed by atoms with Crippen LogP contribution in [0.15, 0.2) is 61.1 Å². The van der Waals surface area contributed by atoms with Crippen LogP contribution in [0.2, 0.25) is 0 Å². The van der Waals surface area contributed by atoms with Crippen molar-refractivity contribution in [2.45, 2.75) is 19.6 Å². The first-order valence-electron chi connectivity index (χ1n) is 9.35. The van der Waals surface area contributed by atoms with Gasteiger partial charge >= 0.3 is 0 Å². The molecule has 4 rings (SSSR count). The van der Waals surface area contributed by atoms with E-state index >= 15 is 0 Å². The summed E-state index contributed by atoms with van der Waals surface area (Å²) >= 11 is 0. The molecule has 0 aliphatic rings. The van der Waals surface area contributed by atoms with E-state index < -0.39 is 0 Å². The number of rotatable bonds is 8. The number of nitrogens with one attached hydrogen (secondary N) is 1. The maximum atomic E-state index is 6.03. The Morgan fingerprint density at radius 2 is 1.90 bits per heavy atom. The van der Waals surface area contributed by atoms with Crippen molar-refractivity contribution in [2.24, 2.45) is 0 Å². The minimum Gasteiger partial charge on any atom is -0.489 e. The van der Waals surface area contributed by atoms with Crippen molar-refractivity contribution in [3.05, 3.63) is 66.6 Å². The lowest BCUT2D eigenvalue weighted by Gasteiger charge is -2.16. The van der Waals surface area contributed by atoms with E-state index in [0.717, 1.165) is 11.1 Å². The second kappa shape index (κ2) is 8.70. The Morgan fingerprint density at radius 1 is 1.07 bits per heavy atom. The van der Waals surface area contributed by atoms with Gasteiger partial charge in [-0.05, 0) is 24.6 Å². The number of nitrogens with zero attached hydrogens (tertiary/aromatic N) is 3. The zero-order chi connectivity index (χ0) is 20.1. The summed E-state index contributed by atoms with van der Waals surface area (Å²) in [6.07, 6.45) is 3.07. The molecule has 148 valence electrons. The van der Waals surface area contributed by atoms with Gasteiger partial charge in [-0.25, -0.2) is 15.0 Å². The van der Waals surface area contributed by atoms with Gasteiger partial charge in [-0.1, -0.05) is 30.3 Å². The first kappa shape index (κ1) is 18.9. The zero-order valence-corrected chi connectivity index (χ0v) is 16.3. The predicted molar refractivity (Wildman–Crippen MR) is 110 cm³/mol. The number of imidazole rings is 1. The first-order chi connectivity index (χ1) is 14.2. The third-order valence-electron chi connectivity index (χ3n) is 4.30. The molecule has 0 amide bonds. The molecule has 2 heterocycles. The fourth-order valence-corrected chi connectivity index (χ4v) is 3.00. The van der Waals surface area contributed by atoms with Gasteiger partial charge in [-0.3, -0.25) is 0 Å². The topological polar surface area (TPSA) is 82.2 Å². The third-order valence-corrected chi connectivity index (χ3v) is 4.30. The van der Waals surface area contributed by atoms with Crippen molar-refractivity contribution in [1.29, 1.82) is 0 Å². The fraction of sp³-hybridized carbons (Fsp3) is 0.227. The standard InChI is InChI=1S/C22H22N4O3/c1-15(12-27-2)29-19-9-17(21-25-20-11-23-14-24-22(20)26-21)8-18(10-19)28-13-16-6-4-3-5-7-16/h3-11,14-15H,12-13H2,1-2H3,(H,23,24,25,26)/t15-/m0/s1. The summed E-state index contributed by atoms with van der Waals surface area (Å²) in [4.78, 5) is 16.0. The number of H-pyrrole nitrogens is 1. The van der Waals surface area contributed by atoms with Gasteiger partial charge < -0.3 is 19.2 Å². The second-order valence-corrected chi connectivity index (χ2v) is 6.69. The number of aromatic amines is 1. The van der Waals surface area contributed by atoms with E-state index in [9.17, 15) is 0 Å². The molecule has 0 spiro atoms. The van der Waals surface area contributed by atoms with E-state index in [1.165, 1.54) is 6.33 Å². The van der Waals surface area contributed by atoms with E-state index in [2.05, 4.69) is 19.9 Å². The highest BCUT2D eigenvalue weighted by Gasteiger charge is 2.12. The van der Waals surface area contributed by atoms with Crippen LogP contribution in [0.5, 0.6) is 11.5 Å². The molecule has 0 radical (unpaired) electrons. The average molecular weight is 390 g/mol. The van der Waals surface area contributed by atoms with E-state index in [1.807, 2.05) is 55.5 Å². The second-order valence-electron chi connectivity index (χ2n) is 6.69. The summed E-state index contributed by atoms with van der Waals surface area (Å²) in [7, 11) is 1.65. The summed E-state index contributed by atoms with van der Waals surface area (Å²) in [5, 5.41) is 0. The molecule has 1 atom stereocenters. The van der Waals surface area contributed by atoms with Crippen LogP contribution in [0.4, 0.5) is 0 Å². The van der Waals surface area contributed by atoms with Crippen LogP contribution in [-0.4, -0.2) is 39.8 Å². The predicted octanol–water partition coefficient (Wildman–Crippen LogP) is 4.01. The molecule has 0 bridgehead atoms. The molecule has 7 heteroatoms. The summed E-state index contributed by atoms with van der Waals surface area (Å²) < 4.78 is 17.2. The molecular formula is C22H22N4O3. The van der Waals surface area contributed by atoms with Gasteiger partial charge in [0.1, 0.15) is 41.9 Å². The maximum Gasteiger partial charge on any atom is 0.161 e. The number of benzene rings is 2. The molecule has 2 aromatic heterocycles. The number of ether oxygens (including phenoxy) is 3. The number of fused-ring (bicyclic) bond motifs is 1. The smallest absolute Gasteiger partial charge is 0.161 e. The number of methoxy groups -OCH3 is 1. The molecule has 0 aliphatic carbocycles. The third kappa shape index (κ3) is 4.70. The largest absolute Gasteiger partial charge is 0.489 e. The first-order valence-corrected chi connectivity index (χ1v) is 9.35. The lowest BCUT2D eigenvalue weighted by atomic mass is 10.2. The van der Waals surface area contributed by atoms with Crippen molar-refractivity contribution in [2.75, 3.05) is 13.7 Å². The zero-order valence-electron chi connectivity index (χ0n) is 16.3. The summed E-state index contributed by atoms with van der Waals surface area (Å²) in [6.45, 7) is 2.91. The Balaban J connectivity index is 1.65. The van der Waals surface area contributed by atoms with Gasteiger partial charge in [0, 0.05) is 18.7 Å². The molecule has 0 saturated heterocycles. The average Bonchev–Trinajstić information content (AvgIpc) is 3.17. The van der Waals surface area contributed by atoms with Crippen molar-refractivity contribution in [1.82, 2.24) is 19.9 Å². The van der Waals surface area contributed by atoms with E-state index in [-0.39, 0.29) is 6.10 Å². The monoisotopic (exact) mass is 390 g/mol. The van der Waals surface area contributed by atoms with Crippen LogP contribution in [-0.2, 0) is 11.3 Å².